The lowest BCUT2D eigenvalue weighted by Crippen LogP contribution is -2.12. The van der Waals surface area contributed by atoms with E-state index in [0.29, 0.717) is 50.2 Å². The predicted octanol–water partition coefficient (Wildman–Crippen LogP) is 16.4. The van der Waals surface area contributed by atoms with Crippen LogP contribution in [0.3, 0.4) is 0 Å². The minimum Gasteiger partial charge on any atom is -0.455 e. The Kier molecular flexibility index (Phi) is 8.21. The van der Waals surface area contributed by atoms with Gasteiger partial charge in [0.05, 0.1) is 44.3 Å². The Morgan fingerprint density at radius 2 is 0.956 bits per heavy atom. The van der Waals surface area contributed by atoms with Gasteiger partial charge in [-0.15, -0.1) is 11.3 Å². The maximum absolute atomic E-state index is 16.7. The Bertz CT molecular complexity index is 4300. The summed E-state index contributed by atoms with van der Waals surface area (Å²) in [4.78, 5) is 14.7. The van der Waals surface area contributed by atoms with Gasteiger partial charge in [0, 0.05) is 63.9 Å². The van der Waals surface area contributed by atoms with Gasteiger partial charge in [0.25, 0.3) is 0 Å². The smallest absolute Gasteiger partial charge is 0.418 e. The van der Waals surface area contributed by atoms with E-state index in [2.05, 4.69) is 47.0 Å². The molecule has 10 heteroatoms. The van der Waals surface area contributed by atoms with Gasteiger partial charge in [-0.05, 0) is 42.5 Å². The van der Waals surface area contributed by atoms with Crippen molar-refractivity contribution in [1.29, 1.82) is 0 Å². The molecule has 0 aliphatic rings. The van der Waals surface area contributed by atoms with Crippen LogP contribution >= 0.6 is 11.3 Å². The summed E-state index contributed by atoms with van der Waals surface area (Å²) in [5.74, 6) is 0.702. The summed E-state index contributed by atoms with van der Waals surface area (Å²) >= 11 is 1.67. The number of furan rings is 1. The van der Waals surface area contributed by atoms with Crippen molar-refractivity contribution < 1.29 is 17.6 Å². The lowest BCUT2D eigenvalue weighted by Gasteiger charge is -2.20. The number of hydrogen-bond acceptors (Lipinski definition) is 5. The third-order valence-electron chi connectivity index (χ3n) is 13.1. The summed E-state index contributed by atoms with van der Waals surface area (Å²) in [5.41, 5.74) is 5.43. The maximum Gasteiger partial charge on any atom is 0.418 e. The first-order chi connectivity index (χ1) is 33.4. The van der Waals surface area contributed by atoms with Gasteiger partial charge in [0.2, 0.25) is 0 Å². The SMILES string of the molecule is FC(F)(F)c1cc(-c2nc(-c3ccccc3)nc(-c3ccccc3)n2)c2oc3ccccc3c2c1-n1c2ccccc2c2c3c(c4ccccc4n3-c3ccccc3)c3sc4ccccc4c3c21. The molecule has 0 unspecified atom stereocenters. The highest BCUT2D eigenvalue weighted by atomic mass is 32.1. The summed E-state index contributed by atoms with van der Waals surface area (Å²) in [6.45, 7) is 0. The third kappa shape index (κ3) is 5.55. The predicted molar refractivity (Wildman–Crippen MR) is 270 cm³/mol. The summed E-state index contributed by atoms with van der Waals surface area (Å²) < 4.78 is 63.2. The molecule has 0 bridgehead atoms. The van der Waals surface area contributed by atoms with Crippen molar-refractivity contribution in [3.05, 3.63) is 200 Å². The van der Waals surface area contributed by atoms with Crippen LogP contribution in [0.5, 0.6) is 0 Å². The van der Waals surface area contributed by atoms with Crippen LogP contribution in [0.15, 0.2) is 199 Å². The van der Waals surface area contributed by atoms with Crippen molar-refractivity contribution in [2.45, 2.75) is 6.18 Å². The summed E-state index contributed by atoms with van der Waals surface area (Å²) in [6.07, 6.45) is -4.87. The highest BCUT2D eigenvalue weighted by Gasteiger charge is 2.39. The number of alkyl halides is 3. The van der Waals surface area contributed by atoms with Gasteiger partial charge in [0.15, 0.2) is 17.5 Å². The second kappa shape index (κ2) is 14.4. The molecule has 0 N–H and O–H groups in total. The first kappa shape index (κ1) is 38.6. The van der Waals surface area contributed by atoms with Crippen LogP contribution in [0.4, 0.5) is 13.2 Å². The second-order valence-corrected chi connectivity index (χ2v) is 18.0. The summed E-state index contributed by atoms with van der Waals surface area (Å²) in [6, 6.07) is 61.9. The molecule has 0 aliphatic carbocycles. The van der Waals surface area contributed by atoms with E-state index in [1.807, 2.05) is 144 Å². The molecule has 9 aromatic carbocycles. The van der Waals surface area contributed by atoms with Crippen LogP contribution < -0.4 is 0 Å². The molecule has 0 spiro atoms. The zero-order valence-corrected chi connectivity index (χ0v) is 36.5. The van der Waals surface area contributed by atoms with E-state index in [4.69, 9.17) is 19.4 Å². The molecular weight excluding hydrogens is 872 g/mol. The number of para-hydroxylation sites is 4. The lowest BCUT2D eigenvalue weighted by molar-refractivity contribution is -0.137. The standard InChI is InChI=1S/C58H32F3N5OS/c59-58(60,61)41-32-40(57-63-55(33-18-4-1-5-19-33)62-56(64-57)34-20-6-2-7-21-34)53-47(38-26-12-16-30-44(38)67-53)50(41)66-43-29-15-10-24-36(43)46-51-48(54-49(52(46)66)39-27-13-17-31-45(39)68-54)37-25-11-14-28-42(37)65(51)35-22-8-3-9-23-35/h1-32H. The quantitative estimate of drug-likeness (QED) is 0.173. The van der Waals surface area contributed by atoms with Crippen molar-refractivity contribution >= 4 is 97.1 Å². The monoisotopic (exact) mass is 903 g/mol. The van der Waals surface area contributed by atoms with Gasteiger partial charge in [-0.1, -0.05) is 152 Å². The van der Waals surface area contributed by atoms with E-state index in [1.165, 1.54) is 6.07 Å². The minimum atomic E-state index is -4.87. The lowest BCUT2D eigenvalue weighted by atomic mass is 9.99. The van der Waals surface area contributed by atoms with E-state index in [1.54, 1.807) is 17.4 Å². The maximum atomic E-state index is 16.7. The van der Waals surface area contributed by atoms with Crippen LogP contribution in [0.2, 0.25) is 0 Å². The van der Waals surface area contributed by atoms with Gasteiger partial charge in [-0.3, -0.25) is 0 Å². The highest BCUT2D eigenvalue weighted by molar-refractivity contribution is 7.27. The van der Waals surface area contributed by atoms with Crippen molar-refractivity contribution in [3.63, 3.8) is 0 Å². The molecule has 0 amide bonds. The zero-order chi connectivity index (χ0) is 45.3. The topological polar surface area (TPSA) is 61.7 Å². The largest absolute Gasteiger partial charge is 0.455 e. The fraction of sp³-hybridized carbons (Fsp3) is 0.0172. The Labute approximate surface area is 388 Å². The summed E-state index contributed by atoms with van der Waals surface area (Å²) in [5, 5.41) is 6.46. The normalized spacial score (nSPS) is 12.3. The van der Waals surface area contributed by atoms with E-state index < -0.39 is 11.7 Å². The summed E-state index contributed by atoms with van der Waals surface area (Å²) in [7, 11) is 0. The molecule has 0 saturated heterocycles. The number of benzene rings is 9. The van der Waals surface area contributed by atoms with Crippen LogP contribution in [-0.2, 0) is 6.18 Å². The van der Waals surface area contributed by atoms with Crippen LogP contribution in [0, 0.1) is 0 Å². The molecule has 14 rings (SSSR count). The van der Waals surface area contributed by atoms with Crippen molar-refractivity contribution in [3.8, 4) is 45.5 Å². The number of thiophene rings is 1. The third-order valence-corrected chi connectivity index (χ3v) is 14.3. The average Bonchev–Trinajstić information content (AvgIpc) is 4.14. The van der Waals surface area contributed by atoms with E-state index in [9.17, 15) is 0 Å². The zero-order valence-electron chi connectivity index (χ0n) is 35.7. The second-order valence-electron chi connectivity index (χ2n) is 16.9. The van der Waals surface area contributed by atoms with Crippen LogP contribution in [-0.4, -0.2) is 24.1 Å². The number of aromatic nitrogens is 5. The molecule has 5 aromatic heterocycles. The Hall–Kier alpha value is -8.60. The number of rotatable bonds is 5. The number of halogens is 3. The molecule has 14 aromatic rings. The molecule has 0 radical (unpaired) electrons. The fourth-order valence-corrected chi connectivity index (χ4v) is 11.6. The number of fused-ring (bicyclic) bond motifs is 15. The fourth-order valence-electron chi connectivity index (χ4n) is 10.4. The highest BCUT2D eigenvalue weighted by Crippen LogP contribution is 2.54. The van der Waals surface area contributed by atoms with Gasteiger partial charge < -0.3 is 13.6 Å². The first-order valence-corrected chi connectivity index (χ1v) is 23.0. The van der Waals surface area contributed by atoms with Gasteiger partial charge in [-0.2, -0.15) is 13.2 Å². The van der Waals surface area contributed by atoms with Crippen molar-refractivity contribution in [2.75, 3.05) is 0 Å². The Morgan fingerprint density at radius 1 is 0.456 bits per heavy atom. The van der Waals surface area contributed by atoms with Crippen LogP contribution in [0.25, 0.3) is 131 Å². The molecule has 0 aliphatic heterocycles. The molecule has 0 fully saturated rings. The average molecular weight is 904 g/mol. The molecule has 6 nitrogen and oxygen atoms in total. The Morgan fingerprint density at radius 3 is 1.62 bits per heavy atom. The molecule has 5 heterocycles. The molecule has 322 valence electrons. The van der Waals surface area contributed by atoms with Gasteiger partial charge in [-0.25, -0.2) is 15.0 Å². The van der Waals surface area contributed by atoms with E-state index in [-0.39, 0.29) is 22.7 Å². The number of hydrogen-bond donors (Lipinski definition) is 0. The van der Waals surface area contributed by atoms with Crippen molar-refractivity contribution in [2.24, 2.45) is 0 Å². The number of nitrogens with zero attached hydrogens (tertiary/aromatic N) is 5. The van der Waals surface area contributed by atoms with Gasteiger partial charge >= 0.3 is 6.18 Å². The van der Waals surface area contributed by atoms with Crippen molar-refractivity contribution in [1.82, 2.24) is 24.1 Å². The minimum absolute atomic E-state index is 0.0358. The molecule has 0 atom stereocenters. The Balaban J connectivity index is 1.21. The van der Waals surface area contributed by atoms with E-state index in [0.717, 1.165) is 58.4 Å². The van der Waals surface area contributed by atoms with Crippen LogP contribution in [0.1, 0.15) is 5.56 Å². The molecular formula is C58H32F3N5OS. The van der Waals surface area contributed by atoms with E-state index >= 15 is 13.2 Å². The molecule has 0 saturated carbocycles. The molecule has 68 heavy (non-hydrogen) atoms. The van der Waals surface area contributed by atoms with Gasteiger partial charge in [0.1, 0.15) is 11.2 Å². The first-order valence-electron chi connectivity index (χ1n) is 22.2.